The zero-order valence-corrected chi connectivity index (χ0v) is 9.98. The zero-order chi connectivity index (χ0) is 17.0. The second kappa shape index (κ2) is 4.31. The summed E-state index contributed by atoms with van der Waals surface area (Å²) in [6, 6.07) is 0.768. The van der Waals surface area contributed by atoms with E-state index in [1.165, 1.54) is 0 Å². The third-order valence-electron chi connectivity index (χ3n) is 3.13. The first kappa shape index (κ1) is 15.5. The van der Waals surface area contributed by atoms with Gasteiger partial charge in [0.25, 0.3) is 0 Å². The van der Waals surface area contributed by atoms with Crippen LogP contribution in [-0.2, 0) is 0 Å². The Kier molecular flexibility index (Phi) is 3.04. The van der Waals surface area contributed by atoms with Gasteiger partial charge in [0.2, 0.25) is 11.6 Å². The molecular formula is C12F6N2O2. The molecular weight excluding hydrogens is 318 g/mol. The highest BCUT2D eigenvalue weighted by atomic mass is 19.2. The maximum Gasteiger partial charge on any atom is 0.312 e. The van der Waals surface area contributed by atoms with E-state index in [0.29, 0.717) is 12.1 Å². The number of rotatable bonds is 0. The van der Waals surface area contributed by atoms with Gasteiger partial charge in [-0.2, -0.15) is 10.5 Å². The minimum absolute atomic E-state index is 0.384. The average molecular weight is 318 g/mol. The smallest absolute Gasteiger partial charge is 0.289 e. The number of nitriles is 2. The van der Waals surface area contributed by atoms with Crippen LogP contribution >= 0.6 is 0 Å². The van der Waals surface area contributed by atoms with Crippen molar-refractivity contribution in [1.29, 1.82) is 10.5 Å². The van der Waals surface area contributed by atoms with Gasteiger partial charge in [-0.05, 0) is 0 Å². The van der Waals surface area contributed by atoms with Gasteiger partial charge in [-0.15, -0.1) is 0 Å². The van der Waals surface area contributed by atoms with Crippen molar-refractivity contribution in [2.24, 2.45) is 0 Å². The first-order valence-electron chi connectivity index (χ1n) is 5.24. The number of halogens is 6. The van der Waals surface area contributed by atoms with E-state index in [2.05, 4.69) is 0 Å². The number of nitrogens with zero attached hydrogens (tertiary/aromatic N) is 2. The molecule has 0 aromatic heterocycles. The number of Topliss-reactive ketones (excluding diaryl/α,β-unsaturated/α-hetero) is 2. The minimum atomic E-state index is -4.54. The molecule has 0 saturated heterocycles. The highest BCUT2D eigenvalue weighted by Crippen LogP contribution is 2.44. The van der Waals surface area contributed by atoms with Crippen molar-refractivity contribution in [3.05, 3.63) is 34.4 Å². The van der Waals surface area contributed by atoms with Crippen LogP contribution in [0.1, 0.15) is 20.7 Å². The molecule has 0 fully saturated rings. The number of carbonyl (C=O) groups excluding carboxylic acids is 2. The number of benzene rings is 1. The summed E-state index contributed by atoms with van der Waals surface area (Å²) in [5.74, 6) is -15.0. The topological polar surface area (TPSA) is 81.7 Å². The molecule has 22 heavy (non-hydrogen) atoms. The lowest BCUT2D eigenvalue weighted by atomic mass is 9.70. The van der Waals surface area contributed by atoms with Crippen LogP contribution in [0.2, 0.25) is 0 Å². The van der Waals surface area contributed by atoms with Crippen LogP contribution in [0.15, 0.2) is 0 Å². The third-order valence-corrected chi connectivity index (χ3v) is 3.13. The Morgan fingerprint density at radius 2 is 0.955 bits per heavy atom. The molecule has 1 aliphatic carbocycles. The van der Waals surface area contributed by atoms with Crippen molar-refractivity contribution in [3.63, 3.8) is 0 Å². The van der Waals surface area contributed by atoms with Gasteiger partial charge in [-0.25, -0.2) is 26.3 Å². The molecule has 1 aliphatic rings. The Labute approximate surface area is 117 Å². The summed E-state index contributed by atoms with van der Waals surface area (Å²) in [4.78, 5) is 23.4. The Bertz CT molecular complexity index is 771. The maximum absolute atomic E-state index is 14.2. The van der Waals surface area contributed by atoms with Crippen molar-refractivity contribution in [2.75, 3.05) is 0 Å². The summed E-state index contributed by atoms with van der Waals surface area (Å²) >= 11 is 0. The van der Waals surface area contributed by atoms with E-state index in [0.717, 1.165) is 0 Å². The van der Waals surface area contributed by atoms with Crippen LogP contribution in [0, 0.1) is 45.9 Å². The number of fused-ring (bicyclic) bond motifs is 1. The first-order valence-corrected chi connectivity index (χ1v) is 5.24. The van der Waals surface area contributed by atoms with E-state index in [1.807, 2.05) is 0 Å². The standard InChI is InChI=1S/C12F6N2O2/c13-5-3-4(6(14)8(16)7(5)15)10(22)12(18,2-20)11(17,1-19)9(3)21. The van der Waals surface area contributed by atoms with Gasteiger partial charge >= 0.3 is 11.3 Å². The highest BCUT2D eigenvalue weighted by Gasteiger charge is 2.70. The molecule has 0 spiro atoms. The molecule has 1 aromatic carbocycles. The van der Waals surface area contributed by atoms with Crippen molar-refractivity contribution < 1.29 is 35.9 Å². The van der Waals surface area contributed by atoms with Gasteiger partial charge < -0.3 is 0 Å². The molecule has 0 saturated carbocycles. The van der Waals surface area contributed by atoms with E-state index >= 15 is 0 Å². The van der Waals surface area contributed by atoms with Crippen LogP contribution in [0.3, 0.4) is 0 Å². The molecule has 4 nitrogen and oxygen atoms in total. The Balaban J connectivity index is 3.07. The summed E-state index contributed by atoms with van der Waals surface area (Å²) in [5.41, 5.74) is -13.0. The lowest BCUT2D eigenvalue weighted by molar-refractivity contribution is 0.0272. The normalized spacial score (nSPS) is 27.1. The van der Waals surface area contributed by atoms with Crippen molar-refractivity contribution >= 4 is 11.6 Å². The van der Waals surface area contributed by atoms with E-state index in [-0.39, 0.29) is 0 Å². The molecule has 0 amide bonds. The van der Waals surface area contributed by atoms with E-state index in [1.54, 1.807) is 0 Å². The van der Waals surface area contributed by atoms with Crippen molar-refractivity contribution in [3.8, 4) is 12.1 Å². The van der Waals surface area contributed by atoms with Crippen LogP contribution in [-0.4, -0.2) is 22.9 Å². The summed E-state index contributed by atoms with van der Waals surface area (Å²) in [6.45, 7) is 0. The summed E-state index contributed by atoms with van der Waals surface area (Å²) in [5, 5.41) is 17.1. The van der Waals surface area contributed by atoms with Gasteiger partial charge in [0.15, 0.2) is 23.3 Å². The average Bonchev–Trinajstić information content (AvgIpc) is 2.51. The maximum atomic E-state index is 14.2. The molecule has 0 N–H and O–H groups in total. The first-order chi connectivity index (χ1) is 10.1. The molecule has 2 unspecified atom stereocenters. The van der Waals surface area contributed by atoms with Crippen LogP contribution in [0.25, 0.3) is 0 Å². The fourth-order valence-corrected chi connectivity index (χ4v) is 1.97. The predicted molar refractivity (Wildman–Crippen MR) is 53.8 cm³/mol. The molecule has 0 aliphatic heterocycles. The number of carbonyl (C=O) groups is 2. The molecule has 0 radical (unpaired) electrons. The van der Waals surface area contributed by atoms with E-state index in [9.17, 15) is 35.9 Å². The van der Waals surface area contributed by atoms with E-state index in [4.69, 9.17) is 10.5 Å². The quantitative estimate of drug-likeness (QED) is 0.417. The zero-order valence-electron chi connectivity index (χ0n) is 9.98. The Hall–Kier alpha value is -2.88. The molecule has 10 heteroatoms. The SMILES string of the molecule is N#CC1(F)C(=O)c2c(F)c(F)c(F)c(F)c2C(=O)C1(F)C#N. The second-order valence-corrected chi connectivity index (χ2v) is 4.20. The van der Waals surface area contributed by atoms with Gasteiger partial charge in [-0.3, -0.25) is 9.59 Å². The van der Waals surface area contributed by atoms with Crippen molar-refractivity contribution in [1.82, 2.24) is 0 Å². The summed E-state index contributed by atoms with van der Waals surface area (Å²) < 4.78 is 81.6. The number of hydrogen-bond acceptors (Lipinski definition) is 4. The highest BCUT2D eigenvalue weighted by molar-refractivity contribution is 6.24. The lowest BCUT2D eigenvalue weighted by Crippen LogP contribution is -2.60. The van der Waals surface area contributed by atoms with E-state index < -0.39 is 57.3 Å². The summed E-state index contributed by atoms with van der Waals surface area (Å²) in [6.07, 6.45) is 0. The third kappa shape index (κ3) is 1.41. The van der Waals surface area contributed by atoms with Gasteiger partial charge in [0, 0.05) is 0 Å². The number of hydrogen-bond donors (Lipinski definition) is 0. The lowest BCUT2D eigenvalue weighted by Gasteiger charge is -2.31. The molecule has 2 atom stereocenters. The second-order valence-electron chi connectivity index (χ2n) is 4.20. The molecule has 0 heterocycles. The van der Waals surface area contributed by atoms with Gasteiger partial charge in [0.05, 0.1) is 11.1 Å². The summed E-state index contributed by atoms with van der Waals surface area (Å²) in [7, 11) is 0. The Morgan fingerprint density at radius 1 is 0.682 bits per heavy atom. The largest absolute Gasteiger partial charge is 0.312 e. The monoisotopic (exact) mass is 318 g/mol. The Morgan fingerprint density at radius 3 is 1.18 bits per heavy atom. The number of alkyl halides is 2. The van der Waals surface area contributed by atoms with Crippen LogP contribution < -0.4 is 0 Å². The predicted octanol–water partition coefficient (Wildman–Crippen LogP) is 2.09. The molecule has 2 rings (SSSR count). The van der Waals surface area contributed by atoms with Crippen LogP contribution in [0.4, 0.5) is 26.3 Å². The molecule has 1 aromatic rings. The van der Waals surface area contributed by atoms with Gasteiger partial charge in [0.1, 0.15) is 12.1 Å². The molecule has 112 valence electrons. The fraction of sp³-hybridized carbons (Fsp3) is 0.167. The minimum Gasteiger partial charge on any atom is -0.289 e. The molecule has 0 bridgehead atoms. The van der Waals surface area contributed by atoms with Crippen LogP contribution in [0.5, 0.6) is 0 Å². The fourth-order valence-electron chi connectivity index (χ4n) is 1.97. The van der Waals surface area contributed by atoms with Crippen molar-refractivity contribution in [2.45, 2.75) is 11.3 Å². The number of ketones is 2. The van der Waals surface area contributed by atoms with Gasteiger partial charge in [-0.1, -0.05) is 0 Å².